The predicted octanol–water partition coefficient (Wildman–Crippen LogP) is 2.30. The van der Waals surface area contributed by atoms with Crippen molar-refractivity contribution < 1.29 is 4.74 Å². The van der Waals surface area contributed by atoms with Crippen molar-refractivity contribution in [2.24, 2.45) is 17.8 Å². The number of aryl methyl sites for hydroxylation is 1. The van der Waals surface area contributed by atoms with Gasteiger partial charge in [-0.05, 0) is 41.9 Å². The number of piperazine rings is 1. The number of hydrogen-bond donors (Lipinski definition) is 0. The van der Waals surface area contributed by atoms with Crippen LogP contribution in [0.1, 0.15) is 11.1 Å². The molecule has 1 aliphatic carbocycles. The zero-order valence-corrected chi connectivity index (χ0v) is 18.0. The second-order valence-electron chi connectivity index (χ2n) is 9.06. The molecule has 0 N–H and O–H groups in total. The molecule has 6 nitrogen and oxygen atoms in total. The van der Waals surface area contributed by atoms with Crippen molar-refractivity contribution in [1.29, 1.82) is 0 Å². The van der Waals surface area contributed by atoms with Crippen LogP contribution in [-0.2, 0) is 11.3 Å². The highest BCUT2D eigenvalue weighted by molar-refractivity contribution is 5.29. The Morgan fingerprint density at radius 3 is 2.40 bits per heavy atom. The first-order chi connectivity index (χ1) is 14.8. The summed E-state index contributed by atoms with van der Waals surface area (Å²) in [7, 11) is 0. The molecule has 30 heavy (non-hydrogen) atoms. The SMILES string of the molecule is Cc1ccccc1CN1CC2C(COCCN3CCN(c4ncccn4)CC3)C2C1. The van der Waals surface area contributed by atoms with Crippen LogP contribution in [0.15, 0.2) is 42.7 Å². The summed E-state index contributed by atoms with van der Waals surface area (Å²) >= 11 is 0. The molecule has 2 atom stereocenters. The summed E-state index contributed by atoms with van der Waals surface area (Å²) in [5.41, 5.74) is 2.89. The lowest BCUT2D eigenvalue weighted by atomic mass is 10.1. The van der Waals surface area contributed by atoms with Crippen molar-refractivity contribution in [3.8, 4) is 0 Å². The molecule has 1 aromatic heterocycles. The van der Waals surface area contributed by atoms with E-state index in [0.29, 0.717) is 0 Å². The van der Waals surface area contributed by atoms with Gasteiger partial charge in [0.25, 0.3) is 0 Å². The van der Waals surface area contributed by atoms with E-state index in [1.54, 1.807) is 0 Å². The molecular weight excluding hydrogens is 374 g/mol. The minimum absolute atomic E-state index is 0.796. The third kappa shape index (κ3) is 4.51. The van der Waals surface area contributed by atoms with Gasteiger partial charge in [-0.1, -0.05) is 24.3 Å². The number of anilines is 1. The summed E-state index contributed by atoms with van der Waals surface area (Å²) in [4.78, 5) is 16.1. The quantitative estimate of drug-likeness (QED) is 0.626. The monoisotopic (exact) mass is 407 g/mol. The third-order valence-corrected chi connectivity index (χ3v) is 7.17. The summed E-state index contributed by atoms with van der Waals surface area (Å²) in [5, 5.41) is 0. The number of nitrogens with zero attached hydrogens (tertiary/aromatic N) is 5. The van der Waals surface area contributed by atoms with Crippen LogP contribution in [0.2, 0.25) is 0 Å². The van der Waals surface area contributed by atoms with Gasteiger partial charge in [-0.2, -0.15) is 0 Å². The topological polar surface area (TPSA) is 44.7 Å². The van der Waals surface area contributed by atoms with Gasteiger partial charge < -0.3 is 9.64 Å². The van der Waals surface area contributed by atoms with Crippen LogP contribution in [0.5, 0.6) is 0 Å². The summed E-state index contributed by atoms with van der Waals surface area (Å²) in [6, 6.07) is 10.6. The fraction of sp³-hybridized carbons (Fsp3) is 0.583. The molecular formula is C24H33N5O. The zero-order chi connectivity index (χ0) is 20.3. The lowest BCUT2D eigenvalue weighted by molar-refractivity contribution is 0.0841. The summed E-state index contributed by atoms with van der Waals surface area (Å²) in [5.74, 6) is 3.38. The lowest BCUT2D eigenvalue weighted by Crippen LogP contribution is -2.47. The first-order valence-corrected chi connectivity index (χ1v) is 11.4. The van der Waals surface area contributed by atoms with Gasteiger partial charge in [0.15, 0.2) is 0 Å². The Labute approximate surface area is 179 Å². The molecule has 160 valence electrons. The molecule has 3 heterocycles. The molecule has 2 unspecified atom stereocenters. The van der Waals surface area contributed by atoms with E-state index in [-0.39, 0.29) is 0 Å². The number of piperidine rings is 1. The smallest absolute Gasteiger partial charge is 0.225 e. The van der Waals surface area contributed by atoms with E-state index in [2.05, 4.69) is 55.9 Å². The fourth-order valence-electron chi connectivity index (χ4n) is 5.18. The first kappa shape index (κ1) is 19.9. The van der Waals surface area contributed by atoms with Crippen LogP contribution in [0.4, 0.5) is 5.95 Å². The molecule has 2 aliphatic heterocycles. The molecule has 2 aromatic rings. The maximum absolute atomic E-state index is 6.08. The first-order valence-electron chi connectivity index (χ1n) is 11.4. The zero-order valence-electron chi connectivity index (χ0n) is 18.0. The molecule has 1 aromatic carbocycles. The van der Waals surface area contributed by atoms with Gasteiger partial charge in [0.05, 0.1) is 13.2 Å². The number of benzene rings is 1. The molecule has 6 heteroatoms. The van der Waals surface area contributed by atoms with Gasteiger partial charge in [0, 0.05) is 64.8 Å². The Morgan fingerprint density at radius 2 is 1.67 bits per heavy atom. The molecule has 0 bridgehead atoms. The van der Waals surface area contributed by atoms with Crippen molar-refractivity contribution in [2.75, 3.05) is 63.9 Å². The maximum Gasteiger partial charge on any atom is 0.225 e. The largest absolute Gasteiger partial charge is 0.380 e. The van der Waals surface area contributed by atoms with Crippen molar-refractivity contribution >= 4 is 5.95 Å². The molecule has 0 spiro atoms. The Hall–Kier alpha value is -2.02. The van der Waals surface area contributed by atoms with Gasteiger partial charge >= 0.3 is 0 Å². The van der Waals surface area contributed by atoms with E-state index < -0.39 is 0 Å². The second-order valence-corrected chi connectivity index (χ2v) is 9.06. The van der Waals surface area contributed by atoms with Gasteiger partial charge in [-0.15, -0.1) is 0 Å². The number of fused-ring (bicyclic) bond motifs is 1. The Morgan fingerprint density at radius 1 is 0.933 bits per heavy atom. The standard InChI is InChI=1S/C24H33N5O/c1-19-5-2-3-6-20(19)15-28-16-21-22(17-28)23(21)18-30-14-13-27-9-11-29(12-10-27)24-25-7-4-8-26-24/h2-8,21-23H,9-18H2,1H3. The summed E-state index contributed by atoms with van der Waals surface area (Å²) < 4.78 is 6.08. The molecule has 3 aliphatic rings. The Balaban J connectivity index is 0.956. The Kier molecular flexibility index (Phi) is 5.97. The van der Waals surface area contributed by atoms with Crippen molar-refractivity contribution in [2.45, 2.75) is 13.5 Å². The number of aromatic nitrogens is 2. The fourth-order valence-corrected chi connectivity index (χ4v) is 5.18. The number of hydrogen-bond acceptors (Lipinski definition) is 6. The average molecular weight is 408 g/mol. The van der Waals surface area contributed by atoms with Crippen LogP contribution in [0.25, 0.3) is 0 Å². The molecule has 3 fully saturated rings. The second kappa shape index (κ2) is 9.00. The Bertz CT molecular complexity index is 811. The van der Waals surface area contributed by atoms with E-state index in [0.717, 1.165) is 76.2 Å². The van der Waals surface area contributed by atoms with Crippen LogP contribution in [-0.4, -0.2) is 78.8 Å². The molecule has 1 saturated carbocycles. The van der Waals surface area contributed by atoms with Crippen molar-refractivity contribution in [3.05, 3.63) is 53.9 Å². The summed E-state index contributed by atoms with van der Waals surface area (Å²) in [6.45, 7) is 12.8. The average Bonchev–Trinajstić information content (AvgIpc) is 3.23. The molecule has 0 amide bonds. The number of rotatable bonds is 8. The van der Waals surface area contributed by atoms with E-state index in [1.165, 1.54) is 24.2 Å². The van der Waals surface area contributed by atoms with E-state index in [9.17, 15) is 0 Å². The molecule has 2 saturated heterocycles. The van der Waals surface area contributed by atoms with E-state index >= 15 is 0 Å². The normalized spacial score (nSPS) is 26.7. The highest BCUT2D eigenvalue weighted by Crippen LogP contribution is 2.52. The van der Waals surface area contributed by atoms with Crippen molar-refractivity contribution in [1.82, 2.24) is 19.8 Å². The van der Waals surface area contributed by atoms with Crippen LogP contribution in [0, 0.1) is 24.7 Å². The van der Waals surface area contributed by atoms with E-state index in [4.69, 9.17) is 4.74 Å². The van der Waals surface area contributed by atoms with Gasteiger partial charge in [-0.25, -0.2) is 9.97 Å². The number of likely N-dealkylation sites (tertiary alicyclic amines) is 1. The van der Waals surface area contributed by atoms with Gasteiger partial charge in [-0.3, -0.25) is 9.80 Å². The van der Waals surface area contributed by atoms with Crippen LogP contribution in [0.3, 0.4) is 0 Å². The predicted molar refractivity (Wildman–Crippen MR) is 118 cm³/mol. The summed E-state index contributed by atoms with van der Waals surface area (Å²) in [6.07, 6.45) is 3.63. The minimum Gasteiger partial charge on any atom is -0.380 e. The number of ether oxygens (including phenoxy) is 1. The maximum atomic E-state index is 6.08. The lowest BCUT2D eigenvalue weighted by Gasteiger charge is -2.34. The third-order valence-electron chi connectivity index (χ3n) is 7.17. The van der Waals surface area contributed by atoms with Gasteiger partial charge in [0.2, 0.25) is 5.95 Å². The highest BCUT2D eigenvalue weighted by atomic mass is 16.5. The minimum atomic E-state index is 0.796. The van der Waals surface area contributed by atoms with Crippen LogP contribution >= 0.6 is 0 Å². The molecule has 0 radical (unpaired) electrons. The van der Waals surface area contributed by atoms with E-state index in [1.807, 2.05) is 18.5 Å². The van der Waals surface area contributed by atoms with Gasteiger partial charge in [0.1, 0.15) is 0 Å². The van der Waals surface area contributed by atoms with Crippen LogP contribution < -0.4 is 4.90 Å². The molecule has 5 rings (SSSR count). The highest BCUT2D eigenvalue weighted by Gasteiger charge is 2.55. The van der Waals surface area contributed by atoms with Crippen molar-refractivity contribution in [3.63, 3.8) is 0 Å².